The third-order valence-corrected chi connectivity index (χ3v) is 5.74. The summed E-state index contributed by atoms with van der Waals surface area (Å²) in [6.07, 6.45) is 1.77. The first-order valence-electron chi connectivity index (χ1n) is 8.66. The molecule has 1 aliphatic rings. The lowest BCUT2D eigenvalue weighted by Gasteiger charge is -2.22. The molecule has 0 aromatic heterocycles. The monoisotopic (exact) mass is 427 g/mol. The van der Waals surface area contributed by atoms with Crippen molar-refractivity contribution in [2.75, 3.05) is 5.32 Å². The highest BCUT2D eigenvalue weighted by Crippen LogP contribution is 2.34. The zero-order chi connectivity index (χ0) is 21.1. The van der Waals surface area contributed by atoms with Crippen LogP contribution in [0.25, 0.3) is 6.08 Å². The Kier molecular flexibility index (Phi) is 6.09. The number of nitrogens with one attached hydrogen (secondary N) is 1. The number of hydrogen-bond donors (Lipinski definition) is 1. The number of rotatable bonds is 5. The molecule has 0 aliphatic carbocycles. The Bertz CT molecular complexity index is 1030. The fourth-order valence-corrected chi connectivity index (χ4v) is 4.14. The summed E-state index contributed by atoms with van der Waals surface area (Å²) in [5.41, 5.74) is 2.26. The SMILES string of the molecule is Cc1ccccc1/C=C1\SC(=S)N(C(C)C(=O)Nc2ccc([N+](=O)[O-])cc2)C1=O. The van der Waals surface area contributed by atoms with Crippen LogP contribution in [-0.2, 0) is 9.59 Å². The molecule has 1 N–H and O–H groups in total. The number of nitrogens with zero attached hydrogens (tertiary/aromatic N) is 2. The van der Waals surface area contributed by atoms with Crippen molar-refractivity contribution in [1.82, 2.24) is 4.90 Å². The number of aryl methyl sites for hydroxylation is 1. The molecule has 2 aromatic rings. The third-order valence-electron chi connectivity index (χ3n) is 4.41. The molecule has 1 unspecified atom stereocenters. The summed E-state index contributed by atoms with van der Waals surface area (Å²) in [6, 6.07) is 12.3. The minimum atomic E-state index is -0.833. The van der Waals surface area contributed by atoms with E-state index in [9.17, 15) is 19.7 Å². The molecule has 148 valence electrons. The van der Waals surface area contributed by atoms with E-state index in [0.29, 0.717) is 14.9 Å². The number of nitro groups is 1. The number of carbonyl (C=O) groups excluding carboxylic acids is 2. The van der Waals surface area contributed by atoms with E-state index in [1.165, 1.54) is 29.2 Å². The van der Waals surface area contributed by atoms with E-state index < -0.39 is 16.9 Å². The number of anilines is 1. The van der Waals surface area contributed by atoms with Gasteiger partial charge in [0, 0.05) is 17.8 Å². The summed E-state index contributed by atoms with van der Waals surface area (Å²) in [4.78, 5) is 37.4. The highest BCUT2D eigenvalue weighted by molar-refractivity contribution is 8.26. The zero-order valence-corrected chi connectivity index (χ0v) is 17.3. The Morgan fingerprint density at radius 3 is 2.52 bits per heavy atom. The number of amides is 2. The molecular formula is C20H17N3O4S2. The molecule has 29 heavy (non-hydrogen) atoms. The highest BCUT2D eigenvalue weighted by Gasteiger charge is 2.38. The summed E-state index contributed by atoms with van der Waals surface area (Å²) < 4.78 is 0.307. The Labute approximate surface area is 176 Å². The van der Waals surface area contributed by atoms with Crippen LogP contribution in [0.15, 0.2) is 53.4 Å². The fourth-order valence-electron chi connectivity index (χ4n) is 2.73. The predicted molar refractivity (Wildman–Crippen MR) is 117 cm³/mol. The summed E-state index contributed by atoms with van der Waals surface area (Å²) >= 11 is 6.48. The van der Waals surface area contributed by atoms with E-state index in [1.54, 1.807) is 13.0 Å². The van der Waals surface area contributed by atoms with Crippen LogP contribution in [0.5, 0.6) is 0 Å². The number of benzene rings is 2. The van der Waals surface area contributed by atoms with E-state index in [1.807, 2.05) is 31.2 Å². The van der Waals surface area contributed by atoms with Crippen LogP contribution >= 0.6 is 24.0 Å². The Morgan fingerprint density at radius 1 is 1.24 bits per heavy atom. The van der Waals surface area contributed by atoms with Crippen molar-refractivity contribution in [2.45, 2.75) is 19.9 Å². The molecule has 0 radical (unpaired) electrons. The van der Waals surface area contributed by atoms with E-state index >= 15 is 0 Å². The Balaban J connectivity index is 1.74. The van der Waals surface area contributed by atoms with E-state index in [0.717, 1.165) is 22.9 Å². The molecule has 0 saturated carbocycles. The maximum Gasteiger partial charge on any atom is 0.269 e. The van der Waals surface area contributed by atoms with Gasteiger partial charge in [0.05, 0.1) is 9.83 Å². The summed E-state index contributed by atoms with van der Waals surface area (Å²) in [7, 11) is 0. The number of thiocarbonyl (C=S) groups is 1. The Hall–Kier alpha value is -3.04. The van der Waals surface area contributed by atoms with Crippen LogP contribution in [-0.4, -0.2) is 32.0 Å². The number of hydrogen-bond acceptors (Lipinski definition) is 6. The van der Waals surface area contributed by atoms with E-state index in [2.05, 4.69) is 5.32 Å². The van der Waals surface area contributed by atoms with Gasteiger partial charge < -0.3 is 5.32 Å². The normalized spacial score (nSPS) is 16.2. The second kappa shape index (κ2) is 8.54. The van der Waals surface area contributed by atoms with Gasteiger partial charge in [-0.05, 0) is 43.2 Å². The van der Waals surface area contributed by atoms with Crippen LogP contribution in [0.4, 0.5) is 11.4 Å². The molecule has 1 saturated heterocycles. The summed E-state index contributed by atoms with van der Waals surface area (Å²) in [6.45, 7) is 3.54. The molecule has 7 nitrogen and oxygen atoms in total. The van der Waals surface area contributed by atoms with Crippen molar-refractivity contribution in [3.8, 4) is 0 Å². The van der Waals surface area contributed by atoms with Crippen molar-refractivity contribution < 1.29 is 14.5 Å². The van der Waals surface area contributed by atoms with Gasteiger partial charge in [-0.3, -0.25) is 24.6 Å². The molecule has 2 amide bonds. The number of carbonyl (C=O) groups is 2. The van der Waals surface area contributed by atoms with E-state index in [4.69, 9.17) is 12.2 Å². The van der Waals surface area contributed by atoms with Crippen molar-refractivity contribution in [2.24, 2.45) is 0 Å². The van der Waals surface area contributed by atoms with Crippen LogP contribution in [0.1, 0.15) is 18.1 Å². The maximum atomic E-state index is 12.8. The standard InChI is InChI=1S/C20H17N3O4S2/c1-12-5-3-4-6-14(12)11-17-19(25)22(20(28)29-17)13(2)18(24)21-15-7-9-16(10-8-15)23(26)27/h3-11,13H,1-2H3,(H,21,24)/b17-11-. The first-order valence-corrected chi connectivity index (χ1v) is 9.88. The van der Waals surface area contributed by atoms with Gasteiger partial charge in [-0.2, -0.15) is 0 Å². The average molecular weight is 428 g/mol. The summed E-state index contributed by atoms with van der Waals surface area (Å²) in [5.74, 6) is -0.762. The van der Waals surface area contributed by atoms with Crippen molar-refractivity contribution in [3.05, 3.63) is 74.7 Å². The summed E-state index contributed by atoms with van der Waals surface area (Å²) in [5, 5.41) is 13.4. The van der Waals surface area contributed by atoms with Gasteiger partial charge >= 0.3 is 0 Å². The minimum Gasteiger partial charge on any atom is -0.324 e. The van der Waals surface area contributed by atoms with Gasteiger partial charge in [0.15, 0.2) is 0 Å². The average Bonchev–Trinajstić information content (AvgIpc) is 2.96. The number of non-ortho nitro benzene ring substituents is 1. The molecule has 1 atom stereocenters. The molecule has 0 spiro atoms. The highest BCUT2D eigenvalue weighted by atomic mass is 32.2. The van der Waals surface area contributed by atoms with Gasteiger partial charge in [-0.15, -0.1) is 0 Å². The fraction of sp³-hybridized carbons (Fsp3) is 0.150. The molecule has 2 aromatic carbocycles. The van der Waals surface area contributed by atoms with Crippen molar-refractivity contribution in [3.63, 3.8) is 0 Å². The Morgan fingerprint density at radius 2 is 1.90 bits per heavy atom. The molecular weight excluding hydrogens is 410 g/mol. The number of thioether (sulfide) groups is 1. The number of nitro benzene ring substituents is 1. The van der Waals surface area contributed by atoms with Gasteiger partial charge in [0.1, 0.15) is 10.4 Å². The second-order valence-corrected chi connectivity index (χ2v) is 8.05. The lowest BCUT2D eigenvalue weighted by Crippen LogP contribution is -2.44. The van der Waals surface area contributed by atoms with Gasteiger partial charge in [0.2, 0.25) is 5.91 Å². The van der Waals surface area contributed by atoms with Gasteiger partial charge in [0.25, 0.3) is 11.6 Å². The lowest BCUT2D eigenvalue weighted by atomic mass is 10.1. The smallest absolute Gasteiger partial charge is 0.269 e. The lowest BCUT2D eigenvalue weighted by molar-refractivity contribution is -0.384. The largest absolute Gasteiger partial charge is 0.324 e. The topological polar surface area (TPSA) is 92.6 Å². The van der Waals surface area contributed by atoms with E-state index in [-0.39, 0.29) is 11.6 Å². The second-order valence-electron chi connectivity index (χ2n) is 6.38. The van der Waals surface area contributed by atoms with Crippen molar-refractivity contribution >= 4 is 57.6 Å². The predicted octanol–water partition coefficient (Wildman–Crippen LogP) is 4.13. The third kappa shape index (κ3) is 4.52. The molecule has 9 heteroatoms. The van der Waals surface area contributed by atoms with Crippen LogP contribution in [0.3, 0.4) is 0 Å². The van der Waals surface area contributed by atoms with Gasteiger partial charge in [-0.1, -0.05) is 48.2 Å². The minimum absolute atomic E-state index is 0.0747. The van der Waals surface area contributed by atoms with Crippen LogP contribution < -0.4 is 5.32 Å². The zero-order valence-electron chi connectivity index (χ0n) is 15.6. The first kappa shape index (κ1) is 20.7. The molecule has 1 fully saturated rings. The quantitative estimate of drug-likeness (QED) is 0.334. The van der Waals surface area contributed by atoms with Crippen LogP contribution in [0.2, 0.25) is 0 Å². The molecule has 1 heterocycles. The van der Waals surface area contributed by atoms with Gasteiger partial charge in [-0.25, -0.2) is 0 Å². The molecule has 1 aliphatic heterocycles. The molecule has 0 bridgehead atoms. The first-order chi connectivity index (χ1) is 13.8. The molecule has 3 rings (SSSR count). The van der Waals surface area contributed by atoms with Crippen molar-refractivity contribution in [1.29, 1.82) is 0 Å². The van der Waals surface area contributed by atoms with Crippen LogP contribution in [0, 0.1) is 17.0 Å². The maximum absolute atomic E-state index is 12.8.